The van der Waals surface area contributed by atoms with Crippen LogP contribution in [0.25, 0.3) is 22.1 Å². The first-order valence-electron chi connectivity index (χ1n) is 13.8. The van der Waals surface area contributed by atoms with Crippen LogP contribution >= 0.6 is 0 Å². The zero-order chi connectivity index (χ0) is 31.3. The van der Waals surface area contributed by atoms with E-state index in [9.17, 15) is 18.0 Å². The highest BCUT2D eigenvalue weighted by Gasteiger charge is 2.29. The summed E-state index contributed by atoms with van der Waals surface area (Å²) in [6, 6.07) is 18.0. The number of fused-ring (bicyclic) bond motifs is 1. The molecule has 1 aromatic heterocycles. The first kappa shape index (κ1) is 31.7. The molecule has 1 heterocycles. The summed E-state index contributed by atoms with van der Waals surface area (Å²) in [7, 11) is 1.22. The number of methoxy groups -OCH3 is 1. The number of nitrogens with one attached hydrogen (secondary N) is 2. The average molecular weight is 608 g/mol. The number of hydrogen-bond acceptors (Lipinski definition) is 8. The van der Waals surface area contributed by atoms with Gasteiger partial charge in [0.25, 0.3) is 5.91 Å². The Morgan fingerprint density at radius 2 is 1.58 bits per heavy atom. The average Bonchev–Trinajstić information content (AvgIpc) is 3.33. The van der Waals surface area contributed by atoms with Crippen LogP contribution in [0.5, 0.6) is 5.75 Å². The summed E-state index contributed by atoms with van der Waals surface area (Å²) in [5.41, 5.74) is 3.44. The van der Waals surface area contributed by atoms with Gasteiger partial charge in [-0.1, -0.05) is 44.2 Å². The molecule has 0 radical (unpaired) electrons. The molecule has 3 aromatic carbocycles. The number of nitrogens with zero attached hydrogens (tertiary/aromatic N) is 1. The van der Waals surface area contributed by atoms with Gasteiger partial charge in [0.05, 0.1) is 17.4 Å². The third-order valence-electron chi connectivity index (χ3n) is 6.96. The smallest absolute Gasteiger partial charge is 0.324 e. The van der Waals surface area contributed by atoms with Crippen molar-refractivity contribution in [3.8, 4) is 16.9 Å². The van der Waals surface area contributed by atoms with Crippen molar-refractivity contribution in [3.05, 3.63) is 78.1 Å². The van der Waals surface area contributed by atoms with E-state index in [4.69, 9.17) is 13.9 Å². The van der Waals surface area contributed by atoms with Crippen molar-refractivity contribution in [2.24, 2.45) is 5.92 Å². The molecule has 1 atom stereocenters. The van der Waals surface area contributed by atoms with Crippen molar-refractivity contribution < 1.29 is 31.9 Å². The van der Waals surface area contributed by atoms with Crippen LogP contribution in [0.15, 0.2) is 76.0 Å². The normalized spacial score (nSPS) is 12.5. The van der Waals surface area contributed by atoms with E-state index in [-0.39, 0.29) is 22.5 Å². The molecule has 0 aliphatic rings. The minimum absolute atomic E-state index is 0.0298. The summed E-state index contributed by atoms with van der Waals surface area (Å²) >= 11 is 0. The lowest BCUT2D eigenvalue weighted by Crippen LogP contribution is -2.44. The number of sulfonamides is 1. The van der Waals surface area contributed by atoms with E-state index in [2.05, 4.69) is 10.0 Å². The van der Waals surface area contributed by atoms with Crippen LogP contribution in [0.1, 0.15) is 30.0 Å². The Bertz CT molecular complexity index is 1690. The van der Waals surface area contributed by atoms with Gasteiger partial charge in [0, 0.05) is 17.8 Å². The molecule has 228 valence electrons. The molecule has 0 aliphatic carbocycles. The summed E-state index contributed by atoms with van der Waals surface area (Å²) < 4.78 is 44.8. The highest BCUT2D eigenvalue weighted by atomic mass is 32.2. The minimum Gasteiger partial charge on any atom is -0.491 e. The fourth-order valence-electron chi connectivity index (χ4n) is 4.52. The van der Waals surface area contributed by atoms with Crippen LogP contribution in [0, 0.1) is 12.8 Å². The van der Waals surface area contributed by atoms with Crippen LogP contribution in [-0.2, 0) is 19.6 Å². The summed E-state index contributed by atoms with van der Waals surface area (Å²) in [5.74, 6) is -0.440. The standard InChI is InChI=1S/C32H37N3O7S/c1-20(2)29(32(37)40-6)34-43(38,39)25-16-12-23(13-17-25)22-10-14-24(15-11-22)33-31(36)30-21(3)28-26(41-19-18-35(4)5)8-7-9-27(28)42-30/h7-17,20,29,34H,18-19H2,1-6H3,(H,33,36). The molecule has 11 heteroatoms. The SMILES string of the molecule is COC(=O)C(NS(=O)(=O)c1ccc(-c2ccc(NC(=O)c3oc4cccc(OCCN(C)C)c4c3C)cc2)cc1)C(C)C. The predicted molar refractivity (Wildman–Crippen MR) is 166 cm³/mol. The Kier molecular flexibility index (Phi) is 9.90. The highest BCUT2D eigenvalue weighted by Crippen LogP contribution is 2.34. The van der Waals surface area contributed by atoms with Crippen molar-refractivity contribution in [1.29, 1.82) is 0 Å². The second-order valence-corrected chi connectivity index (χ2v) is 12.5. The number of aryl methyl sites for hydroxylation is 1. The van der Waals surface area contributed by atoms with Crippen LogP contribution in [0.2, 0.25) is 0 Å². The number of benzene rings is 3. The van der Waals surface area contributed by atoms with E-state index in [1.54, 1.807) is 44.2 Å². The second-order valence-electron chi connectivity index (χ2n) is 10.8. The van der Waals surface area contributed by atoms with Gasteiger partial charge < -0.3 is 24.1 Å². The molecule has 1 amide bonds. The third-order valence-corrected chi connectivity index (χ3v) is 8.42. The van der Waals surface area contributed by atoms with Crippen LogP contribution in [0.4, 0.5) is 5.69 Å². The minimum atomic E-state index is -3.95. The van der Waals surface area contributed by atoms with Crippen molar-refractivity contribution >= 4 is 38.6 Å². The number of anilines is 1. The molecule has 4 aromatic rings. The fourth-order valence-corrected chi connectivity index (χ4v) is 5.85. The number of carbonyl (C=O) groups excluding carboxylic acids is 2. The Hall–Kier alpha value is -4.19. The second kappa shape index (κ2) is 13.4. The fraction of sp³-hybridized carbons (Fsp3) is 0.312. The van der Waals surface area contributed by atoms with E-state index in [0.717, 1.165) is 23.1 Å². The Morgan fingerprint density at radius 3 is 2.16 bits per heavy atom. The molecular formula is C32H37N3O7S. The van der Waals surface area contributed by atoms with Gasteiger partial charge in [0.2, 0.25) is 10.0 Å². The van der Waals surface area contributed by atoms with Crippen molar-refractivity contribution in [3.63, 3.8) is 0 Å². The molecule has 0 saturated heterocycles. The Labute approximate surface area is 252 Å². The maximum absolute atomic E-state index is 13.1. The van der Waals surface area contributed by atoms with E-state index in [1.165, 1.54) is 19.2 Å². The van der Waals surface area contributed by atoms with Crippen LogP contribution in [-0.4, -0.2) is 65.6 Å². The number of likely N-dealkylation sites (N-methyl/N-ethyl adjacent to an activating group) is 1. The number of hydrogen-bond donors (Lipinski definition) is 2. The maximum atomic E-state index is 13.1. The third kappa shape index (κ3) is 7.42. The molecule has 0 fully saturated rings. The van der Waals surface area contributed by atoms with Gasteiger partial charge in [-0.25, -0.2) is 8.42 Å². The number of amides is 1. The molecule has 4 rings (SSSR count). The lowest BCUT2D eigenvalue weighted by atomic mass is 10.1. The topological polar surface area (TPSA) is 127 Å². The molecular weight excluding hydrogens is 570 g/mol. The quantitative estimate of drug-likeness (QED) is 0.214. The lowest BCUT2D eigenvalue weighted by Gasteiger charge is -2.19. The van der Waals surface area contributed by atoms with Gasteiger partial charge in [-0.3, -0.25) is 9.59 Å². The van der Waals surface area contributed by atoms with Gasteiger partial charge in [-0.15, -0.1) is 0 Å². The van der Waals surface area contributed by atoms with Crippen molar-refractivity contribution in [2.75, 3.05) is 39.7 Å². The summed E-state index contributed by atoms with van der Waals surface area (Å²) in [6.07, 6.45) is 0. The number of esters is 1. The summed E-state index contributed by atoms with van der Waals surface area (Å²) in [6.45, 7) is 6.56. The zero-order valence-electron chi connectivity index (χ0n) is 25.1. The van der Waals surface area contributed by atoms with E-state index >= 15 is 0 Å². The monoisotopic (exact) mass is 607 g/mol. The van der Waals surface area contributed by atoms with Gasteiger partial charge in [-0.2, -0.15) is 4.72 Å². The molecule has 0 spiro atoms. The summed E-state index contributed by atoms with van der Waals surface area (Å²) in [4.78, 5) is 27.2. The molecule has 0 bridgehead atoms. The molecule has 0 saturated carbocycles. The molecule has 10 nitrogen and oxygen atoms in total. The predicted octanol–water partition coefficient (Wildman–Crippen LogP) is 5.08. The lowest BCUT2D eigenvalue weighted by molar-refractivity contribution is -0.143. The molecule has 43 heavy (non-hydrogen) atoms. The molecule has 0 aliphatic heterocycles. The van der Waals surface area contributed by atoms with E-state index in [1.807, 2.05) is 50.2 Å². The van der Waals surface area contributed by atoms with Gasteiger partial charge in [0.15, 0.2) is 5.76 Å². The van der Waals surface area contributed by atoms with E-state index in [0.29, 0.717) is 29.2 Å². The number of carbonyl (C=O) groups is 2. The van der Waals surface area contributed by atoms with Crippen molar-refractivity contribution in [2.45, 2.75) is 31.7 Å². The van der Waals surface area contributed by atoms with Gasteiger partial charge >= 0.3 is 5.97 Å². The number of furan rings is 1. The molecule has 2 N–H and O–H groups in total. The number of rotatable bonds is 12. The first-order valence-corrected chi connectivity index (χ1v) is 15.3. The van der Waals surface area contributed by atoms with Crippen molar-refractivity contribution in [1.82, 2.24) is 9.62 Å². The Balaban J connectivity index is 1.46. The van der Waals surface area contributed by atoms with Gasteiger partial charge in [-0.05, 0) is 74.5 Å². The van der Waals surface area contributed by atoms with E-state index < -0.39 is 22.0 Å². The first-order chi connectivity index (χ1) is 20.4. The largest absolute Gasteiger partial charge is 0.491 e. The molecule has 1 unspecified atom stereocenters. The van der Waals surface area contributed by atoms with Crippen LogP contribution < -0.4 is 14.8 Å². The summed E-state index contributed by atoms with van der Waals surface area (Å²) in [5, 5.41) is 3.65. The van der Waals surface area contributed by atoms with Crippen LogP contribution in [0.3, 0.4) is 0 Å². The maximum Gasteiger partial charge on any atom is 0.324 e. The Morgan fingerprint density at radius 1 is 0.953 bits per heavy atom. The van der Waals surface area contributed by atoms with Gasteiger partial charge in [0.1, 0.15) is 24.0 Å². The highest BCUT2D eigenvalue weighted by molar-refractivity contribution is 7.89. The number of ether oxygens (including phenoxy) is 2. The zero-order valence-corrected chi connectivity index (χ0v) is 25.9.